The summed E-state index contributed by atoms with van der Waals surface area (Å²) in [5.74, 6) is -0.276. The lowest BCUT2D eigenvalue weighted by atomic mass is 10.3. The van der Waals surface area contributed by atoms with Crippen molar-refractivity contribution in [1.82, 2.24) is 0 Å². The quantitative estimate of drug-likeness (QED) is 0.343. The lowest BCUT2D eigenvalue weighted by Gasteiger charge is -2.10. The van der Waals surface area contributed by atoms with Crippen molar-refractivity contribution in [2.45, 2.75) is 31.3 Å². The zero-order valence-corrected chi connectivity index (χ0v) is 11.1. The number of carbonyl (C=O) groups is 1. The number of nitrogens with zero attached hydrogens (tertiary/aromatic N) is 1. The number of hydrogen-bond donors (Lipinski definition) is 0. The van der Waals surface area contributed by atoms with Crippen molar-refractivity contribution in [3.63, 3.8) is 0 Å². The highest BCUT2D eigenvalue weighted by atomic mass is 32.2. The number of thioether (sulfide) groups is 1. The van der Waals surface area contributed by atoms with Gasteiger partial charge in [-0.25, -0.2) is 0 Å². The minimum absolute atomic E-state index is 0.0128. The van der Waals surface area contributed by atoms with Gasteiger partial charge in [0.2, 0.25) is 0 Å². The van der Waals surface area contributed by atoms with E-state index in [1.165, 1.54) is 6.07 Å². The summed E-state index contributed by atoms with van der Waals surface area (Å²) in [5.41, 5.74) is 0.0128. The SMILES string of the molecule is CC[C@@H](C)OC(=O)CSc1ccccc1[N+](=O)[O-]. The summed E-state index contributed by atoms with van der Waals surface area (Å²) in [6, 6.07) is 6.34. The Morgan fingerprint density at radius 1 is 1.50 bits per heavy atom. The van der Waals surface area contributed by atoms with Crippen LogP contribution in [0.5, 0.6) is 0 Å². The highest BCUT2D eigenvalue weighted by molar-refractivity contribution is 8.00. The van der Waals surface area contributed by atoms with Crippen molar-refractivity contribution in [3.8, 4) is 0 Å². The average Bonchev–Trinajstić information content (AvgIpc) is 2.36. The van der Waals surface area contributed by atoms with Crippen LogP contribution in [-0.2, 0) is 9.53 Å². The van der Waals surface area contributed by atoms with E-state index < -0.39 is 4.92 Å². The Labute approximate surface area is 110 Å². The number of nitro benzene ring substituents is 1. The van der Waals surface area contributed by atoms with Crippen molar-refractivity contribution in [1.29, 1.82) is 0 Å². The van der Waals surface area contributed by atoms with Gasteiger partial charge in [-0.15, -0.1) is 11.8 Å². The smallest absolute Gasteiger partial charge is 0.316 e. The van der Waals surface area contributed by atoms with E-state index in [9.17, 15) is 14.9 Å². The van der Waals surface area contributed by atoms with E-state index in [0.717, 1.165) is 18.2 Å². The van der Waals surface area contributed by atoms with E-state index in [1.54, 1.807) is 18.2 Å². The summed E-state index contributed by atoms with van der Waals surface area (Å²) in [6.45, 7) is 3.74. The van der Waals surface area contributed by atoms with Crippen molar-refractivity contribution < 1.29 is 14.5 Å². The van der Waals surface area contributed by atoms with Crippen LogP contribution < -0.4 is 0 Å². The number of nitro groups is 1. The summed E-state index contributed by atoms with van der Waals surface area (Å²) in [6.07, 6.45) is 0.630. The minimum Gasteiger partial charge on any atom is -0.462 e. The number of ether oxygens (including phenoxy) is 1. The molecule has 1 aromatic rings. The molecule has 18 heavy (non-hydrogen) atoms. The molecule has 5 nitrogen and oxygen atoms in total. The van der Waals surface area contributed by atoms with Gasteiger partial charge in [-0.2, -0.15) is 0 Å². The van der Waals surface area contributed by atoms with Gasteiger partial charge in [-0.3, -0.25) is 14.9 Å². The first-order valence-electron chi connectivity index (χ1n) is 5.60. The molecule has 0 bridgehead atoms. The maximum Gasteiger partial charge on any atom is 0.316 e. The maximum atomic E-state index is 11.5. The highest BCUT2D eigenvalue weighted by Crippen LogP contribution is 2.28. The maximum absolute atomic E-state index is 11.5. The van der Waals surface area contributed by atoms with Crippen molar-refractivity contribution >= 4 is 23.4 Å². The fraction of sp³-hybridized carbons (Fsp3) is 0.417. The monoisotopic (exact) mass is 269 g/mol. The molecule has 0 aromatic heterocycles. The summed E-state index contributed by atoms with van der Waals surface area (Å²) in [7, 11) is 0. The van der Waals surface area contributed by atoms with Crippen molar-refractivity contribution in [3.05, 3.63) is 34.4 Å². The fourth-order valence-electron chi connectivity index (χ4n) is 1.21. The Balaban J connectivity index is 2.58. The van der Waals surface area contributed by atoms with Gasteiger partial charge in [-0.1, -0.05) is 19.1 Å². The molecule has 0 aliphatic carbocycles. The molecule has 0 amide bonds. The van der Waals surface area contributed by atoms with E-state index in [-0.39, 0.29) is 23.5 Å². The standard InChI is InChI=1S/C12H15NO4S/c1-3-9(2)17-12(14)8-18-11-7-5-4-6-10(11)13(15)16/h4-7,9H,3,8H2,1-2H3/t9-/m1/s1. The Morgan fingerprint density at radius 2 is 2.17 bits per heavy atom. The molecule has 0 unspecified atom stereocenters. The molecule has 0 N–H and O–H groups in total. The third-order valence-corrected chi connectivity index (χ3v) is 3.35. The zero-order valence-electron chi connectivity index (χ0n) is 10.3. The summed E-state index contributed by atoms with van der Waals surface area (Å²) < 4.78 is 5.09. The van der Waals surface area contributed by atoms with Gasteiger partial charge in [0.15, 0.2) is 0 Å². The van der Waals surface area contributed by atoms with Crippen LogP contribution in [0.2, 0.25) is 0 Å². The third kappa shape index (κ3) is 4.37. The van der Waals surface area contributed by atoms with E-state index in [1.807, 2.05) is 13.8 Å². The molecule has 6 heteroatoms. The summed E-state index contributed by atoms with van der Waals surface area (Å²) in [4.78, 5) is 22.2. The first-order valence-corrected chi connectivity index (χ1v) is 6.58. The van der Waals surface area contributed by atoms with Crippen LogP contribution in [0.15, 0.2) is 29.2 Å². The molecule has 0 aliphatic rings. The van der Waals surface area contributed by atoms with Gasteiger partial charge in [0.05, 0.1) is 21.7 Å². The number of benzene rings is 1. The molecule has 0 saturated carbocycles. The van der Waals surface area contributed by atoms with Crippen LogP contribution in [0.1, 0.15) is 20.3 Å². The lowest BCUT2D eigenvalue weighted by Crippen LogP contribution is -2.15. The zero-order chi connectivity index (χ0) is 13.5. The number of esters is 1. The molecule has 0 heterocycles. The minimum atomic E-state index is -0.456. The molecule has 98 valence electrons. The molecular weight excluding hydrogens is 254 g/mol. The van der Waals surface area contributed by atoms with Gasteiger partial charge >= 0.3 is 5.97 Å². The Hall–Kier alpha value is -1.56. The molecule has 0 radical (unpaired) electrons. The number of para-hydroxylation sites is 1. The lowest BCUT2D eigenvalue weighted by molar-refractivity contribution is -0.387. The number of hydrogen-bond acceptors (Lipinski definition) is 5. The Kier molecular flexibility index (Phi) is 5.64. The van der Waals surface area contributed by atoms with E-state index in [0.29, 0.717) is 4.90 Å². The predicted molar refractivity (Wildman–Crippen MR) is 69.7 cm³/mol. The third-order valence-electron chi connectivity index (χ3n) is 2.32. The summed E-state index contributed by atoms with van der Waals surface area (Å²) in [5, 5.41) is 10.8. The van der Waals surface area contributed by atoms with Crippen LogP contribution in [-0.4, -0.2) is 22.7 Å². The van der Waals surface area contributed by atoms with Crippen LogP contribution in [0, 0.1) is 10.1 Å². The van der Waals surface area contributed by atoms with Crippen LogP contribution in [0.3, 0.4) is 0 Å². The van der Waals surface area contributed by atoms with E-state index in [2.05, 4.69) is 0 Å². The van der Waals surface area contributed by atoms with E-state index in [4.69, 9.17) is 4.74 Å². The van der Waals surface area contributed by atoms with E-state index >= 15 is 0 Å². The van der Waals surface area contributed by atoms with Crippen molar-refractivity contribution in [2.24, 2.45) is 0 Å². The fourth-order valence-corrected chi connectivity index (χ4v) is 2.02. The second-order valence-electron chi connectivity index (χ2n) is 3.72. The largest absolute Gasteiger partial charge is 0.462 e. The molecule has 1 aromatic carbocycles. The van der Waals surface area contributed by atoms with Crippen LogP contribution in [0.25, 0.3) is 0 Å². The predicted octanol–water partition coefficient (Wildman–Crippen LogP) is 3.03. The van der Waals surface area contributed by atoms with Gasteiger partial charge < -0.3 is 4.74 Å². The highest BCUT2D eigenvalue weighted by Gasteiger charge is 2.15. The second kappa shape index (κ2) is 7.00. The molecule has 1 rings (SSSR count). The number of rotatable bonds is 6. The molecular formula is C12H15NO4S. The first kappa shape index (κ1) is 14.5. The summed E-state index contributed by atoms with van der Waals surface area (Å²) >= 11 is 1.12. The first-order chi connectivity index (χ1) is 8.54. The van der Waals surface area contributed by atoms with Crippen molar-refractivity contribution in [2.75, 3.05) is 5.75 Å². The molecule has 1 atom stereocenters. The van der Waals surface area contributed by atoms with Gasteiger partial charge in [-0.05, 0) is 19.4 Å². The molecule has 0 aliphatic heterocycles. The normalized spacial score (nSPS) is 11.9. The second-order valence-corrected chi connectivity index (χ2v) is 4.74. The molecule has 0 spiro atoms. The average molecular weight is 269 g/mol. The van der Waals surface area contributed by atoms with Gasteiger partial charge in [0.1, 0.15) is 0 Å². The number of carbonyl (C=O) groups excluding carboxylic acids is 1. The Morgan fingerprint density at radius 3 is 2.78 bits per heavy atom. The van der Waals surface area contributed by atoms with Gasteiger partial charge in [0, 0.05) is 6.07 Å². The Bertz CT molecular complexity index is 436. The van der Waals surface area contributed by atoms with Gasteiger partial charge in [0.25, 0.3) is 5.69 Å². The van der Waals surface area contributed by atoms with Crippen LogP contribution >= 0.6 is 11.8 Å². The van der Waals surface area contributed by atoms with Crippen LogP contribution in [0.4, 0.5) is 5.69 Å². The topological polar surface area (TPSA) is 69.4 Å². The molecule has 0 saturated heterocycles. The molecule has 0 fully saturated rings.